The predicted octanol–water partition coefficient (Wildman–Crippen LogP) is 2.48. The third kappa shape index (κ3) is 3.18. The number of fused-ring (bicyclic) bond motifs is 1. The van der Waals surface area contributed by atoms with Crippen molar-refractivity contribution in [1.82, 2.24) is 10.2 Å². The fourth-order valence-corrected chi connectivity index (χ4v) is 4.26. The normalized spacial score (nSPS) is 21.8. The number of likely N-dealkylation sites (tertiary alicyclic amines) is 1. The number of nitrogens with one attached hydrogen (secondary N) is 1. The lowest BCUT2D eigenvalue weighted by molar-refractivity contribution is -0.131. The summed E-state index contributed by atoms with van der Waals surface area (Å²) in [4.78, 5) is 15.5. The van der Waals surface area contributed by atoms with Crippen molar-refractivity contribution < 1.29 is 4.79 Å². The van der Waals surface area contributed by atoms with Crippen LogP contribution in [0.1, 0.15) is 30.7 Å². The standard InChI is InChI=1S/C16H22N2OS/c19-16(18-8-4-1-5-9-18)11-17-10-13-12-20-15-7-3-2-6-14(13)15/h2-3,6-7,13,17H,1,4-5,8-12H2. The first-order valence-electron chi connectivity index (χ1n) is 7.55. The van der Waals surface area contributed by atoms with E-state index in [1.165, 1.54) is 29.7 Å². The van der Waals surface area contributed by atoms with Crippen LogP contribution in [0.15, 0.2) is 29.2 Å². The maximum absolute atomic E-state index is 12.1. The molecule has 1 amide bonds. The summed E-state index contributed by atoms with van der Waals surface area (Å²) >= 11 is 1.93. The lowest BCUT2D eigenvalue weighted by atomic mass is 10.0. The zero-order chi connectivity index (χ0) is 13.8. The molecule has 1 unspecified atom stereocenters. The monoisotopic (exact) mass is 290 g/mol. The van der Waals surface area contributed by atoms with Gasteiger partial charge < -0.3 is 10.2 Å². The van der Waals surface area contributed by atoms with Gasteiger partial charge in [-0.3, -0.25) is 4.79 Å². The van der Waals surface area contributed by atoms with Gasteiger partial charge in [0.1, 0.15) is 0 Å². The second-order valence-corrected chi connectivity index (χ2v) is 6.68. The van der Waals surface area contributed by atoms with Gasteiger partial charge in [0.2, 0.25) is 5.91 Å². The Labute approximate surface area is 125 Å². The van der Waals surface area contributed by atoms with Gasteiger partial charge in [0, 0.05) is 36.2 Å². The van der Waals surface area contributed by atoms with E-state index in [0.29, 0.717) is 12.5 Å². The van der Waals surface area contributed by atoms with Crippen molar-refractivity contribution in [3.05, 3.63) is 29.8 Å². The van der Waals surface area contributed by atoms with Gasteiger partial charge in [-0.2, -0.15) is 0 Å². The largest absolute Gasteiger partial charge is 0.342 e. The van der Waals surface area contributed by atoms with Crippen LogP contribution in [-0.4, -0.2) is 42.7 Å². The molecule has 1 atom stereocenters. The van der Waals surface area contributed by atoms with Crippen molar-refractivity contribution >= 4 is 17.7 Å². The van der Waals surface area contributed by atoms with Crippen LogP contribution in [0.5, 0.6) is 0 Å². The summed E-state index contributed by atoms with van der Waals surface area (Å²) in [6.07, 6.45) is 3.60. The maximum atomic E-state index is 12.1. The van der Waals surface area contributed by atoms with Crippen molar-refractivity contribution in [1.29, 1.82) is 0 Å². The summed E-state index contributed by atoms with van der Waals surface area (Å²) in [7, 11) is 0. The molecule has 108 valence electrons. The third-order valence-electron chi connectivity index (χ3n) is 4.17. The molecule has 0 bridgehead atoms. The van der Waals surface area contributed by atoms with Crippen LogP contribution in [0.2, 0.25) is 0 Å². The number of piperidine rings is 1. The molecule has 0 saturated carbocycles. The molecule has 0 aromatic heterocycles. The van der Waals surface area contributed by atoms with Gasteiger partial charge in [-0.15, -0.1) is 11.8 Å². The fourth-order valence-electron chi connectivity index (χ4n) is 3.01. The van der Waals surface area contributed by atoms with Gasteiger partial charge in [0.15, 0.2) is 0 Å². The highest BCUT2D eigenvalue weighted by molar-refractivity contribution is 7.99. The molecule has 0 radical (unpaired) electrons. The number of amides is 1. The Morgan fingerprint density at radius 3 is 2.90 bits per heavy atom. The number of carbonyl (C=O) groups excluding carboxylic acids is 1. The van der Waals surface area contributed by atoms with Crippen molar-refractivity contribution in [2.75, 3.05) is 31.9 Å². The molecule has 1 aromatic carbocycles. The molecular weight excluding hydrogens is 268 g/mol. The minimum atomic E-state index is 0.267. The molecular formula is C16H22N2OS. The van der Waals surface area contributed by atoms with Crippen LogP contribution >= 0.6 is 11.8 Å². The van der Waals surface area contributed by atoms with Gasteiger partial charge in [0.25, 0.3) is 0 Å². The molecule has 0 aliphatic carbocycles. The van der Waals surface area contributed by atoms with Gasteiger partial charge in [-0.05, 0) is 30.9 Å². The van der Waals surface area contributed by atoms with Crippen molar-refractivity contribution in [2.45, 2.75) is 30.1 Å². The molecule has 20 heavy (non-hydrogen) atoms. The lowest BCUT2D eigenvalue weighted by Gasteiger charge is -2.27. The summed E-state index contributed by atoms with van der Waals surface area (Å²) in [6, 6.07) is 8.62. The summed E-state index contributed by atoms with van der Waals surface area (Å²) in [5, 5.41) is 3.36. The Balaban J connectivity index is 1.45. The SMILES string of the molecule is O=C(CNCC1CSc2ccccc21)N1CCCCC1. The third-order valence-corrected chi connectivity index (χ3v) is 5.43. The van der Waals surface area contributed by atoms with Gasteiger partial charge in [-0.1, -0.05) is 18.2 Å². The fraction of sp³-hybridized carbons (Fsp3) is 0.562. The molecule has 1 N–H and O–H groups in total. The number of hydrogen-bond donors (Lipinski definition) is 1. The van der Waals surface area contributed by atoms with Crippen molar-refractivity contribution in [3.63, 3.8) is 0 Å². The number of thioether (sulfide) groups is 1. The molecule has 4 heteroatoms. The summed E-state index contributed by atoms with van der Waals surface area (Å²) in [6.45, 7) is 3.29. The number of benzene rings is 1. The quantitative estimate of drug-likeness (QED) is 0.924. The van der Waals surface area contributed by atoms with Crippen LogP contribution in [0.4, 0.5) is 0 Å². The Morgan fingerprint density at radius 1 is 1.25 bits per heavy atom. The highest BCUT2D eigenvalue weighted by Crippen LogP contribution is 2.38. The average molecular weight is 290 g/mol. The number of carbonyl (C=O) groups is 1. The Bertz CT molecular complexity index is 471. The minimum Gasteiger partial charge on any atom is -0.342 e. The van der Waals surface area contributed by atoms with Crippen LogP contribution < -0.4 is 5.32 Å². The van der Waals surface area contributed by atoms with Crippen molar-refractivity contribution in [3.8, 4) is 0 Å². The van der Waals surface area contributed by atoms with Crippen LogP contribution in [0.3, 0.4) is 0 Å². The molecule has 1 aromatic rings. The molecule has 3 nitrogen and oxygen atoms in total. The topological polar surface area (TPSA) is 32.3 Å². The number of nitrogens with zero attached hydrogens (tertiary/aromatic N) is 1. The number of rotatable bonds is 4. The van der Waals surface area contributed by atoms with Gasteiger partial charge in [-0.25, -0.2) is 0 Å². The predicted molar refractivity (Wildman–Crippen MR) is 83.2 cm³/mol. The number of hydrogen-bond acceptors (Lipinski definition) is 3. The highest BCUT2D eigenvalue weighted by atomic mass is 32.2. The molecule has 1 fully saturated rings. The summed E-state index contributed by atoms with van der Waals surface area (Å²) < 4.78 is 0. The second-order valence-electron chi connectivity index (χ2n) is 5.62. The van der Waals surface area contributed by atoms with E-state index in [0.717, 1.165) is 25.4 Å². The Hall–Kier alpha value is -1.00. The first-order valence-corrected chi connectivity index (χ1v) is 8.53. The van der Waals surface area contributed by atoms with Gasteiger partial charge >= 0.3 is 0 Å². The molecule has 2 aliphatic heterocycles. The first kappa shape index (κ1) is 14.0. The van der Waals surface area contributed by atoms with E-state index in [-0.39, 0.29) is 5.91 Å². The molecule has 2 heterocycles. The first-order chi connectivity index (χ1) is 9.84. The van der Waals surface area contributed by atoms with Crippen molar-refractivity contribution in [2.24, 2.45) is 0 Å². The van der Waals surface area contributed by atoms with Crippen LogP contribution in [0.25, 0.3) is 0 Å². The van der Waals surface area contributed by atoms with E-state index in [1.807, 2.05) is 16.7 Å². The smallest absolute Gasteiger partial charge is 0.236 e. The maximum Gasteiger partial charge on any atom is 0.236 e. The minimum absolute atomic E-state index is 0.267. The zero-order valence-electron chi connectivity index (χ0n) is 11.8. The average Bonchev–Trinajstić information content (AvgIpc) is 2.92. The van der Waals surface area contributed by atoms with E-state index < -0.39 is 0 Å². The van der Waals surface area contributed by atoms with Crippen LogP contribution in [0, 0.1) is 0 Å². The molecule has 3 rings (SSSR count). The highest BCUT2D eigenvalue weighted by Gasteiger charge is 2.23. The van der Waals surface area contributed by atoms with Gasteiger partial charge in [0.05, 0.1) is 6.54 Å². The van der Waals surface area contributed by atoms with E-state index in [4.69, 9.17) is 0 Å². The molecule has 1 saturated heterocycles. The molecule has 0 spiro atoms. The second kappa shape index (κ2) is 6.64. The van der Waals surface area contributed by atoms with Crippen LogP contribution in [-0.2, 0) is 4.79 Å². The summed E-state index contributed by atoms with van der Waals surface area (Å²) in [5.74, 6) is 1.94. The summed E-state index contributed by atoms with van der Waals surface area (Å²) in [5.41, 5.74) is 1.44. The zero-order valence-corrected chi connectivity index (χ0v) is 12.6. The lowest BCUT2D eigenvalue weighted by Crippen LogP contribution is -2.41. The molecule has 2 aliphatic rings. The van der Waals surface area contributed by atoms with E-state index >= 15 is 0 Å². The van der Waals surface area contributed by atoms with E-state index in [9.17, 15) is 4.79 Å². The van der Waals surface area contributed by atoms with E-state index in [1.54, 1.807) is 0 Å². The van der Waals surface area contributed by atoms with E-state index in [2.05, 4.69) is 29.6 Å². The Kier molecular flexibility index (Phi) is 4.63. The Morgan fingerprint density at radius 2 is 2.05 bits per heavy atom.